The van der Waals surface area contributed by atoms with Crippen molar-refractivity contribution in [3.63, 3.8) is 0 Å². The third-order valence-electron chi connectivity index (χ3n) is 3.62. The molecule has 0 aromatic heterocycles. The molecule has 0 radical (unpaired) electrons. The van der Waals surface area contributed by atoms with Gasteiger partial charge in [-0.3, -0.25) is 0 Å². The fraction of sp³-hybridized carbons (Fsp3) is 0.500. The Kier molecular flexibility index (Phi) is 3.46. The van der Waals surface area contributed by atoms with Gasteiger partial charge in [-0.1, -0.05) is 30.3 Å². The van der Waals surface area contributed by atoms with Crippen LogP contribution in [0, 0.1) is 0 Å². The zero-order valence-corrected chi connectivity index (χ0v) is 11.3. The summed E-state index contributed by atoms with van der Waals surface area (Å²) in [7, 11) is 0. The summed E-state index contributed by atoms with van der Waals surface area (Å²) >= 11 is 2.00. The smallest absolute Gasteiger partial charge is 0.191 e. The van der Waals surface area contributed by atoms with E-state index in [1.54, 1.807) is 0 Å². The second kappa shape index (κ2) is 5.22. The van der Waals surface area contributed by atoms with Crippen molar-refractivity contribution in [2.45, 2.75) is 18.4 Å². The minimum Gasteiger partial charge on any atom is -0.370 e. The van der Waals surface area contributed by atoms with Gasteiger partial charge in [0.1, 0.15) is 0 Å². The molecule has 2 aliphatic rings. The van der Waals surface area contributed by atoms with Crippen LogP contribution in [0.25, 0.3) is 0 Å². The van der Waals surface area contributed by atoms with Crippen LogP contribution in [0.15, 0.2) is 35.3 Å². The summed E-state index contributed by atoms with van der Waals surface area (Å²) < 4.78 is 0. The highest BCUT2D eigenvalue weighted by atomic mass is 32.2. The third kappa shape index (κ3) is 2.64. The highest BCUT2D eigenvalue weighted by molar-refractivity contribution is 7.99. The number of rotatable bonds is 2. The van der Waals surface area contributed by atoms with Gasteiger partial charge in [-0.2, -0.15) is 11.8 Å². The van der Waals surface area contributed by atoms with Gasteiger partial charge in [-0.05, 0) is 12.0 Å². The fourth-order valence-corrected chi connectivity index (χ4v) is 3.33. The normalized spacial score (nSPS) is 28.2. The molecular weight excluding hydrogens is 242 g/mol. The van der Waals surface area contributed by atoms with Crippen LogP contribution in [0.4, 0.5) is 0 Å². The molecule has 3 nitrogen and oxygen atoms in total. The van der Waals surface area contributed by atoms with Crippen LogP contribution in [-0.2, 0) is 0 Å². The largest absolute Gasteiger partial charge is 0.370 e. The first-order chi connectivity index (χ1) is 8.84. The van der Waals surface area contributed by atoms with Crippen LogP contribution in [0.5, 0.6) is 0 Å². The molecule has 0 spiro atoms. The number of aliphatic imine (C=N–C) groups is 1. The third-order valence-corrected chi connectivity index (χ3v) is 4.56. The summed E-state index contributed by atoms with van der Waals surface area (Å²) in [5, 5.41) is 0. The lowest BCUT2D eigenvalue weighted by Gasteiger charge is -2.27. The van der Waals surface area contributed by atoms with Crippen LogP contribution in [-0.4, -0.2) is 41.5 Å². The molecule has 2 atom stereocenters. The van der Waals surface area contributed by atoms with Gasteiger partial charge >= 0.3 is 0 Å². The van der Waals surface area contributed by atoms with Crippen molar-refractivity contribution in [3.8, 4) is 0 Å². The predicted molar refractivity (Wildman–Crippen MR) is 78.1 cm³/mol. The van der Waals surface area contributed by atoms with Crippen LogP contribution < -0.4 is 5.73 Å². The molecule has 2 N–H and O–H groups in total. The topological polar surface area (TPSA) is 41.6 Å². The fourth-order valence-electron chi connectivity index (χ4n) is 2.43. The number of guanidine groups is 1. The lowest BCUT2D eigenvalue weighted by Crippen LogP contribution is -2.42. The van der Waals surface area contributed by atoms with E-state index < -0.39 is 0 Å². The lowest BCUT2D eigenvalue weighted by molar-refractivity contribution is 0.455. The predicted octanol–water partition coefficient (Wildman–Crippen LogP) is 1.91. The molecule has 2 unspecified atom stereocenters. The Morgan fingerprint density at radius 3 is 2.67 bits per heavy atom. The van der Waals surface area contributed by atoms with Gasteiger partial charge in [0.25, 0.3) is 0 Å². The van der Waals surface area contributed by atoms with Gasteiger partial charge in [0.2, 0.25) is 0 Å². The summed E-state index contributed by atoms with van der Waals surface area (Å²) in [6.07, 6.45) is 1.15. The molecule has 1 saturated heterocycles. The molecule has 1 aromatic carbocycles. The standard InChI is InChI=1S/C14H19N3S/c15-14(17-6-8-18-9-7-17)16-13-10-12(13)11-4-2-1-3-5-11/h1-5,12-13H,6-10H2,(H2,15,16). The number of benzene rings is 1. The van der Waals surface area contributed by atoms with Crippen molar-refractivity contribution in [3.05, 3.63) is 35.9 Å². The average molecular weight is 261 g/mol. The van der Waals surface area contributed by atoms with Gasteiger partial charge in [0.15, 0.2) is 5.96 Å². The van der Waals surface area contributed by atoms with E-state index in [1.807, 2.05) is 11.8 Å². The highest BCUT2D eigenvalue weighted by Crippen LogP contribution is 2.43. The second-order valence-electron chi connectivity index (χ2n) is 4.91. The van der Waals surface area contributed by atoms with E-state index in [0.717, 1.165) is 25.5 Å². The number of hydrogen-bond donors (Lipinski definition) is 1. The maximum atomic E-state index is 6.10. The van der Waals surface area contributed by atoms with Crippen molar-refractivity contribution < 1.29 is 0 Å². The minimum absolute atomic E-state index is 0.405. The van der Waals surface area contributed by atoms with E-state index in [2.05, 4.69) is 40.2 Å². The van der Waals surface area contributed by atoms with E-state index in [-0.39, 0.29) is 0 Å². The number of nitrogens with two attached hydrogens (primary N) is 1. The van der Waals surface area contributed by atoms with Crippen molar-refractivity contribution in [2.75, 3.05) is 24.6 Å². The quantitative estimate of drug-likeness (QED) is 0.653. The van der Waals surface area contributed by atoms with Gasteiger partial charge < -0.3 is 10.6 Å². The first-order valence-corrected chi connectivity index (χ1v) is 7.71. The number of nitrogens with zero attached hydrogens (tertiary/aromatic N) is 2. The van der Waals surface area contributed by atoms with E-state index >= 15 is 0 Å². The molecule has 0 bridgehead atoms. The zero-order valence-electron chi connectivity index (χ0n) is 10.5. The average Bonchev–Trinajstić information content (AvgIpc) is 3.20. The van der Waals surface area contributed by atoms with E-state index in [9.17, 15) is 0 Å². The van der Waals surface area contributed by atoms with Gasteiger partial charge in [-0.15, -0.1) is 0 Å². The number of thioether (sulfide) groups is 1. The molecule has 3 rings (SSSR count). The molecule has 18 heavy (non-hydrogen) atoms. The van der Waals surface area contributed by atoms with Crippen molar-refractivity contribution in [1.29, 1.82) is 0 Å². The van der Waals surface area contributed by atoms with Gasteiger partial charge in [-0.25, -0.2) is 4.99 Å². The van der Waals surface area contributed by atoms with Crippen LogP contribution in [0.2, 0.25) is 0 Å². The van der Waals surface area contributed by atoms with E-state index in [0.29, 0.717) is 12.0 Å². The maximum Gasteiger partial charge on any atom is 0.191 e. The molecule has 1 aliphatic heterocycles. The van der Waals surface area contributed by atoms with E-state index in [1.165, 1.54) is 17.1 Å². The molecule has 1 aromatic rings. The monoisotopic (exact) mass is 261 g/mol. The molecule has 1 saturated carbocycles. The Balaban J connectivity index is 1.61. The zero-order chi connectivity index (χ0) is 12.4. The molecule has 4 heteroatoms. The van der Waals surface area contributed by atoms with Crippen molar-refractivity contribution in [1.82, 2.24) is 4.90 Å². The summed E-state index contributed by atoms with van der Waals surface area (Å²) in [5.41, 5.74) is 7.49. The molecule has 0 amide bonds. The Morgan fingerprint density at radius 2 is 1.94 bits per heavy atom. The SMILES string of the molecule is NC(=NC1CC1c1ccccc1)N1CCSCC1. The van der Waals surface area contributed by atoms with Crippen LogP contribution in [0.1, 0.15) is 17.9 Å². The first kappa shape index (κ1) is 11.9. The summed E-state index contributed by atoms with van der Waals surface area (Å²) in [5.74, 6) is 3.68. The van der Waals surface area contributed by atoms with Gasteiger partial charge in [0.05, 0.1) is 6.04 Å². The Morgan fingerprint density at radius 1 is 1.22 bits per heavy atom. The Bertz CT molecular complexity index is 426. The van der Waals surface area contributed by atoms with Crippen LogP contribution >= 0.6 is 11.8 Å². The van der Waals surface area contributed by atoms with Crippen molar-refractivity contribution in [2.24, 2.45) is 10.7 Å². The molecule has 1 aliphatic carbocycles. The molecular formula is C14H19N3S. The first-order valence-electron chi connectivity index (χ1n) is 6.55. The summed E-state index contributed by atoms with van der Waals surface area (Å²) in [6, 6.07) is 11.0. The highest BCUT2D eigenvalue weighted by Gasteiger charge is 2.38. The maximum absolute atomic E-state index is 6.10. The second-order valence-corrected chi connectivity index (χ2v) is 6.13. The minimum atomic E-state index is 0.405. The van der Waals surface area contributed by atoms with Crippen molar-refractivity contribution >= 4 is 17.7 Å². The van der Waals surface area contributed by atoms with Gasteiger partial charge in [0, 0.05) is 30.5 Å². The summed E-state index contributed by atoms with van der Waals surface area (Å²) in [6.45, 7) is 2.09. The lowest BCUT2D eigenvalue weighted by atomic mass is 10.1. The molecule has 96 valence electrons. The summed E-state index contributed by atoms with van der Waals surface area (Å²) in [4.78, 5) is 6.90. The van der Waals surface area contributed by atoms with Crippen LogP contribution in [0.3, 0.4) is 0 Å². The Labute approximate surface area is 112 Å². The Hall–Kier alpha value is -1.16. The molecule has 1 heterocycles. The molecule has 2 fully saturated rings. The number of hydrogen-bond acceptors (Lipinski definition) is 2. The van der Waals surface area contributed by atoms with E-state index in [4.69, 9.17) is 5.73 Å².